The Hall–Kier alpha value is -2.11. The first-order valence-corrected chi connectivity index (χ1v) is 4.80. The number of hydrogen-bond donors (Lipinski definition) is 0. The van der Waals surface area contributed by atoms with Gasteiger partial charge < -0.3 is 9.47 Å². The standard InChI is InChI=1S/C10H11N3O3/c1-3-16-10(14)7-5-13-6-11-9(15-2)4-8(13)12-7/h4-6H,3H2,1-2H3. The Bertz CT molecular complexity index is 521. The molecule has 2 aromatic heterocycles. The van der Waals surface area contributed by atoms with E-state index in [4.69, 9.17) is 9.47 Å². The van der Waals surface area contributed by atoms with Gasteiger partial charge in [-0.25, -0.2) is 14.8 Å². The minimum Gasteiger partial charge on any atom is -0.481 e. The highest BCUT2D eigenvalue weighted by atomic mass is 16.5. The Morgan fingerprint density at radius 2 is 2.38 bits per heavy atom. The van der Waals surface area contributed by atoms with Crippen LogP contribution in [0.4, 0.5) is 0 Å². The molecule has 0 aliphatic heterocycles. The largest absolute Gasteiger partial charge is 0.481 e. The third kappa shape index (κ3) is 1.81. The third-order valence-electron chi connectivity index (χ3n) is 2.02. The van der Waals surface area contributed by atoms with Crippen molar-refractivity contribution in [1.29, 1.82) is 0 Å². The summed E-state index contributed by atoms with van der Waals surface area (Å²) in [5, 5.41) is 0. The first-order chi connectivity index (χ1) is 7.74. The first kappa shape index (κ1) is 10.4. The number of fused-ring (bicyclic) bond motifs is 1. The van der Waals surface area contributed by atoms with Gasteiger partial charge in [0.1, 0.15) is 12.0 Å². The van der Waals surface area contributed by atoms with E-state index >= 15 is 0 Å². The van der Waals surface area contributed by atoms with Gasteiger partial charge in [-0.3, -0.25) is 4.40 Å². The van der Waals surface area contributed by atoms with E-state index in [2.05, 4.69) is 9.97 Å². The van der Waals surface area contributed by atoms with Gasteiger partial charge in [0.05, 0.1) is 13.7 Å². The molecule has 0 aliphatic carbocycles. The molecule has 0 amide bonds. The summed E-state index contributed by atoms with van der Waals surface area (Å²) in [6.07, 6.45) is 3.10. The Labute approximate surface area is 91.8 Å². The lowest BCUT2D eigenvalue weighted by atomic mass is 10.5. The smallest absolute Gasteiger partial charge is 0.358 e. The fourth-order valence-corrected chi connectivity index (χ4v) is 1.29. The molecule has 0 saturated carbocycles. The van der Waals surface area contributed by atoms with Gasteiger partial charge in [-0.1, -0.05) is 0 Å². The number of nitrogens with zero attached hydrogens (tertiary/aromatic N) is 3. The van der Waals surface area contributed by atoms with Crippen LogP contribution < -0.4 is 4.74 Å². The summed E-state index contributed by atoms with van der Waals surface area (Å²) < 4.78 is 11.4. The molecule has 0 bridgehead atoms. The number of rotatable bonds is 3. The predicted molar refractivity (Wildman–Crippen MR) is 55.5 cm³/mol. The van der Waals surface area contributed by atoms with Crippen LogP contribution in [0, 0.1) is 0 Å². The van der Waals surface area contributed by atoms with E-state index in [0.717, 1.165) is 0 Å². The van der Waals surface area contributed by atoms with Gasteiger partial charge in [0.2, 0.25) is 5.88 Å². The average Bonchev–Trinajstić information content (AvgIpc) is 2.71. The van der Waals surface area contributed by atoms with E-state index in [1.165, 1.54) is 13.4 Å². The van der Waals surface area contributed by atoms with Gasteiger partial charge in [-0.15, -0.1) is 0 Å². The van der Waals surface area contributed by atoms with Gasteiger partial charge in [0.25, 0.3) is 0 Å². The lowest BCUT2D eigenvalue weighted by Gasteiger charge is -1.96. The van der Waals surface area contributed by atoms with Crippen LogP contribution in [0.5, 0.6) is 5.88 Å². The molecule has 2 heterocycles. The van der Waals surface area contributed by atoms with Gasteiger partial charge in [-0.2, -0.15) is 0 Å². The van der Waals surface area contributed by atoms with Crippen molar-refractivity contribution >= 4 is 11.6 Å². The van der Waals surface area contributed by atoms with Crippen molar-refractivity contribution in [2.24, 2.45) is 0 Å². The Kier molecular flexibility index (Phi) is 2.72. The highest BCUT2D eigenvalue weighted by molar-refractivity contribution is 5.87. The average molecular weight is 221 g/mol. The van der Waals surface area contributed by atoms with Crippen molar-refractivity contribution < 1.29 is 14.3 Å². The van der Waals surface area contributed by atoms with E-state index in [-0.39, 0.29) is 5.69 Å². The Balaban J connectivity index is 2.39. The molecule has 0 aliphatic rings. The van der Waals surface area contributed by atoms with Gasteiger partial charge >= 0.3 is 5.97 Å². The number of esters is 1. The third-order valence-corrected chi connectivity index (χ3v) is 2.02. The summed E-state index contributed by atoms with van der Waals surface area (Å²) >= 11 is 0. The number of aromatic nitrogens is 3. The van der Waals surface area contributed by atoms with Crippen LogP contribution in [-0.4, -0.2) is 34.1 Å². The summed E-state index contributed by atoms with van der Waals surface area (Å²) in [6.45, 7) is 2.08. The highest BCUT2D eigenvalue weighted by Crippen LogP contribution is 2.11. The minimum atomic E-state index is -0.440. The molecule has 0 atom stereocenters. The van der Waals surface area contributed by atoms with E-state index in [0.29, 0.717) is 18.1 Å². The van der Waals surface area contributed by atoms with Crippen LogP contribution >= 0.6 is 0 Å². The molecule has 6 heteroatoms. The number of ether oxygens (including phenoxy) is 2. The van der Waals surface area contributed by atoms with Crippen molar-refractivity contribution in [3.63, 3.8) is 0 Å². The summed E-state index contributed by atoms with van der Waals surface area (Å²) in [5.74, 6) is 0.0127. The zero-order valence-corrected chi connectivity index (χ0v) is 9.01. The zero-order chi connectivity index (χ0) is 11.5. The van der Waals surface area contributed by atoms with Crippen molar-refractivity contribution in [2.45, 2.75) is 6.92 Å². The lowest BCUT2D eigenvalue weighted by Crippen LogP contribution is -2.04. The minimum absolute atomic E-state index is 0.261. The lowest BCUT2D eigenvalue weighted by molar-refractivity contribution is 0.0520. The van der Waals surface area contributed by atoms with Crippen molar-refractivity contribution in [2.75, 3.05) is 13.7 Å². The molecule has 0 spiro atoms. The number of carbonyl (C=O) groups excluding carboxylic acids is 1. The summed E-state index contributed by atoms with van der Waals surface area (Å²) in [5.41, 5.74) is 0.854. The molecule has 0 unspecified atom stereocenters. The molecule has 0 fully saturated rings. The number of carbonyl (C=O) groups is 1. The highest BCUT2D eigenvalue weighted by Gasteiger charge is 2.11. The maximum Gasteiger partial charge on any atom is 0.358 e. The summed E-state index contributed by atoms with van der Waals surface area (Å²) in [6, 6.07) is 1.64. The topological polar surface area (TPSA) is 65.7 Å². The number of hydrogen-bond acceptors (Lipinski definition) is 5. The van der Waals surface area contributed by atoms with Crippen molar-refractivity contribution in [3.8, 4) is 5.88 Å². The predicted octanol–water partition coefficient (Wildman–Crippen LogP) is 0.915. The normalized spacial score (nSPS) is 10.4. The molecule has 2 rings (SSSR count). The maximum absolute atomic E-state index is 11.4. The zero-order valence-electron chi connectivity index (χ0n) is 9.01. The SMILES string of the molecule is CCOC(=O)c1cn2cnc(OC)cc2n1. The van der Waals surface area contributed by atoms with Crippen LogP contribution in [0.3, 0.4) is 0 Å². The molecule has 16 heavy (non-hydrogen) atoms. The van der Waals surface area contributed by atoms with Crippen LogP contribution in [0.15, 0.2) is 18.6 Å². The second-order valence-electron chi connectivity index (χ2n) is 3.04. The fourth-order valence-electron chi connectivity index (χ4n) is 1.29. The second-order valence-corrected chi connectivity index (χ2v) is 3.04. The molecule has 0 radical (unpaired) electrons. The van der Waals surface area contributed by atoms with Gasteiger partial charge in [0, 0.05) is 12.3 Å². The second kappa shape index (κ2) is 4.18. The first-order valence-electron chi connectivity index (χ1n) is 4.80. The van der Waals surface area contributed by atoms with E-state index in [1.54, 1.807) is 23.6 Å². The molecule has 0 aromatic carbocycles. The Morgan fingerprint density at radius 3 is 3.06 bits per heavy atom. The molecule has 2 aromatic rings. The van der Waals surface area contributed by atoms with Crippen molar-refractivity contribution in [3.05, 3.63) is 24.3 Å². The molecule has 6 nitrogen and oxygen atoms in total. The van der Waals surface area contributed by atoms with Crippen molar-refractivity contribution in [1.82, 2.24) is 14.4 Å². The number of imidazole rings is 1. The molecule has 84 valence electrons. The van der Waals surface area contributed by atoms with Gasteiger partial charge in [0.15, 0.2) is 5.69 Å². The monoisotopic (exact) mass is 221 g/mol. The number of methoxy groups -OCH3 is 1. The van der Waals surface area contributed by atoms with Crippen LogP contribution in [0.1, 0.15) is 17.4 Å². The fraction of sp³-hybridized carbons (Fsp3) is 0.300. The van der Waals surface area contributed by atoms with E-state index in [9.17, 15) is 4.79 Å². The summed E-state index contributed by atoms with van der Waals surface area (Å²) in [4.78, 5) is 19.5. The van der Waals surface area contributed by atoms with Crippen LogP contribution in [0.2, 0.25) is 0 Å². The Morgan fingerprint density at radius 1 is 1.56 bits per heavy atom. The van der Waals surface area contributed by atoms with Crippen LogP contribution in [0.25, 0.3) is 5.65 Å². The maximum atomic E-state index is 11.4. The quantitative estimate of drug-likeness (QED) is 0.721. The van der Waals surface area contributed by atoms with Crippen LogP contribution in [-0.2, 0) is 4.74 Å². The summed E-state index contributed by atoms with van der Waals surface area (Å²) in [7, 11) is 1.52. The molecular formula is C10H11N3O3. The van der Waals surface area contributed by atoms with Gasteiger partial charge in [-0.05, 0) is 6.92 Å². The van der Waals surface area contributed by atoms with E-state index in [1.807, 2.05) is 0 Å². The molecular weight excluding hydrogens is 210 g/mol. The van der Waals surface area contributed by atoms with E-state index < -0.39 is 5.97 Å². The molecule has 0 N–H and O–H groups in total. The molecule has 0 saturated heterocycles.